The second-order valence-corrected chi connectivity index (χ2v) is 5.11. The standard InChI is InChI=1S/C17H19N3/c1-3-18-15-8-9-17-19-16(12-20(17)11-15)10-14-6-4-13(2)5-7-14/h4-9,11-12,18H,3,10H2,1-2H3. The van der Waals surface area contributed by atoms with Gasteiger partial charge in [-0.3, -0.25) is 0 Å². The first-order valence-corrected chi connectivity index (χ1v) is 7.01. The molecule has 0 atom stereocenters. The molecular weight excluding hydrogens is 246 g/mol. The molecule has 0 aliphatic rings. The highest BCUT2D eigenvalue weighted by Gasteiger charge is 2.03. The fourth-order valence-corrected chi connectivity index (χ4v) is 2.35. The van der Waals surface area contributed by atoms with E-state index in [0.29, 0.717) is 0 Å². The molecule has 0 saturated heterocycles. The zero-order chi connectivity index (χ0) is 13.9. The average Bonchev–Trinajstić information content (AvgIpc) is 2.83. The van der Waals surface area contributed by atoms with Crippen molar-refractivity contribution in [2.75, 3.05) is 11.9 Å². The third-order valence-electron chi connectivity index (χ3n) is 3.39. The smallest absolute Gasteiger partial charge is 0.137 e. The van der Waals surface area contributed by atoms with Crippen molar-refractivity contribution in [3.8, 4) is 0 Å². The maximum atomic E-state index is 4.67. The van der Waals surface area contributed by atoms with Gasteiger partial charge in [0.05, 0.1) is 11.4 Å². The molecule has 3 rings (SSSR count). The van der Waals surface area contributed by atoms with Crippen molar-refractivity contribution < 1.29 is 0 Å². The Morgan fingerprint density at radius 1 is 1.05 bits per heavy atom. The molecule has 0 saturated carbocycles. The van der Waals surface area contributed by atoms with Gasteiger partial charge in [0.2, 0.25) is 0 Å². The number of pyridine rings is 1. The van der Waals surface area contributed by atoms with Gasteiger partial charge >= 0.3 is 0 Å². The molecule has 3 nitrogen and oxygen atoms in total. The molecule has 1 N–H and O–H groups in total. The second kappa shape index (κ2) is 5.37. The number of aryl methyl sites for hydroxylation is 1. The Morgan fingerprint density at radius 2 is 1.85 bits per heavy atom. The van der Waals surface area contributed by atoms with E-state index >= 15 is 0 Å². The lowest BCUT2D eigenvalue weighted by molar-refractivity contribution is 1.11. The van der Waals surface area contributed by atoms with Crippen molar-refractivity contribution in [1.82, 2.24) is 9.38 Å². The molecule has 0 aliphatic heterocycles. The van der Waals surface area contributed by atoms with Crippen LogP contribution in [0.5, 0.6) is 0 Å². The number of nitrogens with one attached hydrogen (secondary N) is 1. The summed E-state index contributed by atoms with van der Waals surface area (Å²) in [7, 11) is 0. The molecule has 0 bridgehead atoms. The van der Waals surface area contributed by atoms with Gasteiger partial charge in [0.15, 0.2) is 0 Å². The van der Waals surface area contributed by atoms with Gasteiger partial charge in [0.25, 0.3) is 0 Å². The van der Waals surface area contributed by atoms with E-state index < -0.39 is 0 Å². The Hall–Kier alpha value is -2.29. The molecule has 20 heavy (non-hydrogen) atoms. The topological polar surface area (TPSA) is 29.3 Å². The van der Waals surface area contributed by atoms with Crippen LogP contribution >= 0.6 is 0 Å². The number of hydrogen-bond donors (Lipinski definition) is 1. The number of benzene rings is 1. The van der Waals surface area contributed by atoms with Gasteiger partial charge in [0, 0.05) is 25.4 Å². The van der Waals surface area contributed by atoms with Gasteiger partial charge in [-0.05, 0) is 31.5 Å². The van der Waals surface area contributed by atoms with E-state index in [0.717, 1.165) is 30.0 Å². The van der Waals surface area contributed by atoms with Crippen molar-refractivity contribution >= 4 is 11.3 Å². The van der Waals surface area contributed by atoms with Gasteiger partial charge in [-0.2, -0.15) is 0 Å². The third kappa shape index (κ3) is 2.67. The highest BCUT2D eigenvalue weighted by atomic mass is 15.0. The Labute approximate surface area is 119 Å². The number of nitrogens with zero attached hydrogens (tertiary/aromatic N) is 2. The second-order valence-electron chi connectivity index (χ2n) is 5.11. The third-order valence-corrected chi connectivity index (χ3v) is 3.39. The molecule has 0 amide bonds. The predicted molar refractivity (Wildman–Crippen MR) is 83.3 cm³/mol. The summed E-state index contributed by atoms with van der Waals surface area (Å²) in [6.45, 7) is 5.13. The number of hydrogen-bond acceptors (Lipinski definition) is 2. The Morgan fingerprint density at radius 3 is 2.60 bits per heavy atom. The lowest BCUT2D eigenvalue weighted by atomic mass is 10.1. The molecule has 3 aromatic rings. The molecule has 0 fully saturated rings. The van der Waals surface area contributed by atoms with Crippen LogP contribution in [0.1, 0.15) is 23.7 Å². The Kier molecular flexibility index (Phi) is 3.42. The Bertz CT molecular complexity index is 711. The molecule has 2 heterocycles. The molecule has 102 valence electrons. The maximum absolute atomic E-state index is 4.67. The monoisotopic (exact) mass is 265 g/mol. The van der Waals surface area contributed by atoms with Gasteiger partial charge in [0.1, 0.15) is 5.65 Å². The molecule has 2 aromatic heterocycles. The van der Waals surface area contributed by atoms with Gasteiger partial charge < -0.3 is 9.72 Å². The van der Waals surface area contributed by atoms with Crippen molar-refractivity contribution in [3.05, 3.63) is 65.6 Å². The SMILES string of the molecule is CCNc1ccc2nc(Cc3ccc(C)cc3)cn2c1. The van der Waals surface area contributed by atoms with Crippen LogP contribution in [-0.2, 0) is 6.42 Å². The van der Waals surface area contributed by atoms with E-state index in [9.17, 15) is 0 Å². The molecular formula is C17H19N3. The summed E-state index contributed by atoms with van der Waals surface area (Å²) >= 11 is 0. The highest BCUT2D eigenvalue weighted by Crippen LogP contribution is 2.14. The summed E-state index contributed by atoms with van der Waals surface area (Å²) in [6, 6.07) is 12.8. The van der Waals surface area contributed by atoms with Crippen LogP contribution in [0.4, 0.5) is 5.69 Å². The minimum atomic E-state index is 0.874. The first-order valence-electron chi connectivity index (χ1n) is 7.01. The summed E-state index contributed by atoms with van der Waals surface area (Å²) in [5.74, 6) is 0. The number of aromatic nitrogens is 2. The predicted octanol–water partition coefficient (Wildman–Crippen LogP) is 3.67. The summed E-state index contributed by atoms with van der Waals surface area (Å²) in [6.07, 6.45) is 5.07. The maximum Gasteiger partial charge on any atom is 0.137 e. The van der Waals surface area contributed by atoms with Crippen molar-refractivity contribution in [1.29, 1.82) is 0 Å². The fourth-order valence-electron chi connectivity index (χ4n) is 2.35. The van der Waals surface area contributed by atoms with Crippen LogP contribution in [0.3, 0.4) is 0 Å². The first-order chi connectivity index (χ1) is 9.74. The molecule has 0 unspecified atom stereocenters. The molecule has 0 spiro atoms. The first kappa shape index (κ1) is 12.7. The lowest BCUT2D eigenvalue weighted by Gasteiger charge is -2.02. The minimum absolute atomic E-state index is 0.874. The average molecular weight is 265 g/mol. The quantitative estimate of drug-likeness (QED) is 0.780. The van der Waals surface area contributed by atoms with Crippen LogP contribution in [0.15, 0.2) is 48.8 Å². The fraction of sp³-hybridized carbons (Fsp3) is 0.235. The summed E-state index contributed by atoms with van der Waals surface area (Å²) in [5.41, 5.74) is 5.81. The van der Waals surface area contributed by atoms with Crippen LogP contribution in [0.25, 0.3) is 5.65 Å². The number of rotatable bonds is 4. The zero-order valence-electron chi connectivity index (χ0n) is 11.9. The van der Waals surface area contributed by atoms with Crippen LogP contribution in [0.2, 0.25) is 0 Å². The van der Waals surface area contributed by atoms with E-state index in [1.54, 1.807) is 0 Å². The molecule has 0 aliphatic carbocycles. The van der Waals surface area contributed by atoms with Crippen LogP contribution < -0.4 is 5.32 Å². The largest absolute Gasteiger partial charge is 0.384 e. The Balaban J connectivity index is 1.86. The van der Waals surface area contributed by atoms with Crippen molar-refractivity contribution in [2.45, 2.75) is 20.3 Å². The summed E-state index contributed by atoms with van der Waals surface area (Å²) in [5, 5.41) is 3.32. The van der Waals surface area contributed by atoms with Crippen molar-refractivity contribution in [2.24, 2.45) is 0 Å². The molecule has 3 heteroatoms. The van der Waals surface area contributed by atoms with Crippen LogP contribution in [-0.4, -0.2) is 15.9 Å². The van der Waals surface area contributed by atoms with Crippen molar-refractivity contribution in [3.63, 3.8) is 0 Å². The molecule has 1 aromatic carbocycles. The normalized spacial score (nSPS) is 10.9. The van der Waals surface area contributed by atoms with E-state index in [4.69, 9.17) is 0 Å². The van der Waals surface area contributed by atoms with Gasteiger partial charge in [-0.15, -0.1) is 0 Å². The van der Waals surface area contributed by atoms with E-state index in [1.165, 1.54) is 11.1 Å². The summed E-state index contributed by atoms with van der Waals surface area (Å²) < 4.78 is 2.08. The zero-order valence-corrected chi connectivity index (χ0v) is 11.9. The minimum Gasteiger partial charge on any atom is -0.384 e. The summed E-state index contributed by atoms with van der Waals surface area (Å²) in [4.78, 5) is 4.67. The number of imidazole rings is 1. The van der Waals surface area contributed by atoms with Crippen LogP contribution in [0, 0.1) is 6.92 Å². The number of anilines is 1. The lowest BCUT2D eigenvalue weighted by Crippen LogP contribution is -1.97. The van der Waals surface area contributed by atoms with E-state index in [-0.39, 0.29) is 0 Å². The molecule has 0 radical (unpaired) electrons. The van der Waals surface area contributed by atoms with Gasteiger partial charge in [-0.1, -0.05) is 29.8 Å². The number of fused-ring (bicyclic) bond motifs is 1. The van der Waals surface area contributed by atoms with E-state index in [1.807, 2.05) is 0 Å². The highest BCUT2D eigenvalue weighted by molar-refractivity contribution is 5.51. The van der Waals surface area contributed by atoms with E-state index in [2.05, 4.69) is 77.3 Å². The van der Waals surface area contributed by atoms with Gasteiger partial charge in [-0.25, -0.2) is 4.98 Å².